The van der Waals surface area contributed by atoms with E-state index in [1.54, 1.807) is 10.6 Å². The van der Waals surface area contributed by atoms with Crippen molar-refractivity contribution in [2.45, 2.75) is 13.0 Å². The first-order valence-electron chi connectivity index (χ1n) is 6.03. The quantitative estimate of drug-likeness (QED) is 0.779. The Kier molecular flexibility index (Phi) is 2.97. The fourth-order valence-corrected chi connectivity index (χ4v) is 2.00. The van der Waals surface area contributed by atoms with E-state index in [1.165, 1.54) is 12.1 Å². The molecule has 2 heterocycles. The van der Waals surface area contributed by atoms with Gasteiger partial charge in [-0.05, 0) is 29.3 Å². The highest BCUT2D eigenvalue weighted by molar-refractivity contribution is 5.39. The van der Waals surface area contributed by atoms with Gasteiger partial charge in [0.25, 0.3) is 0 Å². The van der Waals surface area contributed by atoms with Gasteiger partial charge < -0.3 is 5.73 Å². The predicted octanol–water partition coefficient (Wildman–Crippen LogP) is 1.92. The number of pyridine rings is 1. The third kappa shape index (κ3) is 2.46. The highest BCUT2D eigenvalue weighted by Crippen LogP contribution is 2.10. The predicted molar refractivity (Wildman–Crippen MR) is 70.1 cm³/mol. The third-order valence-corrected chi connectivity index (χ3v) is 2.92. The molecule has 0 saturated heterocycles. The van der Waals surface area contributed by atoms with E-state index in [2.05, 4.69) is 10.1 Å². The van der Waals surface area contributed by atoms with Gasteiger partial charge in [0.15, 0.2) is 11.5 Å². The van der Waals surface area contributed by atoms with E-state index in [9.17, 15) is 4.39 Å². The van der Waals surface area contributed by atoms with Crippen molar-refractivity contribution in [1.82, 2.24) is 14.6 Å². The lowest BCUT2D eigenvalue weighted by molar-refractivity contribution is 0.625. The Morgan fingerprint density at radius 2 is 2.05 bits per heavy atom. The maximum Gasteiger partial charge on any atom is 0.156 e. The van der Waals surface area contributed by atoms with Gasteiger partial charge in [-0.3, -0.25) is 0 Å². The van der Waals surface area contributed by atoms with E-state index in [-0.39, 0.29) is 5.82 Å². The van der Waals surface area contributed by atoms with Crippen LogP contribution in [0.5, 0.6) is 0 Å². The summed E-state index contributed by atoms with van der Waals surface area (Å²) in [5.41, 5.74) is 8.20. The third-order valence-electron chi connectivity index (χ3n) is 2.92. The van der Waals surface area contributed by atoms with Crippen LogP contribution >= 0.6 is 0 Å². The van der Waals surface area contributed by atoms with E-state index in [1.807, 2.05) is 24.4 Å². The lowest BCUT2D eigenvalue weighted by Gasteiger charge is -1.96. The number of hydrogen-bond donors (Lipinski definition) is 1. The van der Waals surface area contributed by atoms with Crippen LogP contribution in [-0.4, -0.2) is 14.6 Å². The van der Waals surface area contributed by atoms with Gasteiger partial charge in [0.2, 0.25) is 0 Å². The van der Waals surface area contributed by atoms with Gasteiger partial charge in [0.1, 0.15) is 5.82 Å². The highest BCUT2D eigenvalue weighted by atomic mass is 19.1. The summed E-state index contributed by atoms with van der Waals surface area (Å²) in [6, 6.07) is 10.3. The first-order valence-corrected chi connectivity index (χ1v) is 6.03. The molecule has 19 heavy (non-hydrogen) atoms. The molecule has 0 spiro atoms. The number of hydrogen-bond acceptors (Lipinski definition) is 3. The van der Waals surface area contributed by atoms with Gasteiger partial charge >= 0.3 is 0 Å². The van der Waals surface area contributed by atoms with Crippen molar-refractivity contribution < 1.29 is 4.39 Å². The SMILES string of the molecule is NCc1ccc2nc(Cc3cccc(F)c3)nn2c1. The number of nitrogens with two attached hydrogens (primary N) is 1. The second-order valence-corrected chi connectivity index (χ2v) is 4.38. The molecule has 0 bridgehead atoms. The van der Waals surface area contributed by atoms with Crippen LogP contribution in [-0.2, 0) is 13.0 Å². The number of benzene rings is 1. The van der Waals surface area contributed by atoms with Crippen LogP contribution in [0.4, 0.5) is 4.39 Å². The van der Waals surface area contributed by atoms with E-state index >= 15 is 0 Å². The monoisotopic (exact) mass is 256 g/mol. The lowest BCUT2D eigenvalue weighted by Crippen LogP contribution is -1.99. The molecule has 96 valence electrons. The van der Waals surface area contributed by atoms with Crippen LogP contribution < -0.4 is 5.73 Å². The van der Waals surface area contributed by atoms with Crippen LogP contribution in [0.25, 0.3) is 5.65 Å². The summed E-state index contributed by atoms with van der Waals surface area (Å²) < 4.78 is 14.8. The van der Waals surface area contributed by atoms with Crippen molar-refractivity contribution in [1.29, 1.82) is 0 Å². The molecule has 0 fully saturated rings. The topological polar surface area (TPSA) is 56.2 Å². The minimum absolute atomic E-state index is 0.244. The summed E-state index contributed by atoms with van der Waals surface area (Å²) >= 11 is 0. The van der Waals surface area contributed by atoms with Crippen LogP contribution in [0.15, 0.2) is 42.6 Å². The number of aromatic nitrogens is 3. The summed E-state index contributed by atoms with van der Waals surface area (Å²) in [7, 11) is 0. The highest BCUT2D eigenvalue weighted by Gasteiger charge is 2.05. The molecule has 0 saturated carbocycles. The standard InChI is InChI=1S/C14H13FN4/c15-12-3-1-2-10(6-12)7-13-17-14-5-4-11(8-16)9-19(14)18-13/h1-6,9H,7-8,16H2. The molecular weight excluding hydrogens is 243 g/mol. The fraction of sp³-hybridized carbons (Fsp3) is 0.143. The Bertz CT molecular complexity index is 720. The van der Waals surface area contributed by atoms with Gasteiger partial charge in [-0.1, -0.05) is 18.2 Å². The molecular formula is C14H13FN4. The zero-order valence-electron chi connectivity index (χ0n) is 10.3. The van der Waals surface area contributed by atoms with E-state index in [4.69, 9.17) is 5.73 Å². The maximum absolute atomic E-state index is 13.1. The van der Waals surface area contributed by atoms with Crippen LogP contribution in [0, 0.1) is 5.82 Å². The van der Waals surface area contributed by atoms with E-state index < -0.39 is 0 Å². The van der Waals surface area contributed by atoms with Crippen molar-refractivity contribution in [3.63, 3.8) is 0 Å². The number of halogens is 1. The van der Waals surface area contributed by atoms with Gasteiger partial charge in [0, 0.05) is 19.2 Å². The summed E-state index contributed by atoms with van der Waals surface area (Å²) in [6.45, 7) is 0.467. The molecule has 0 unspecified atom stereocenters. The molecule has 0 aliphatic heterocycles. The van der Waals surface area contributed by atoms with Crippen molar-refractivity contribution in [3.8, 4) is 0 Å². The minimum atomic E-state index is -0.244. The Hall–Kier alpha value is -2.27. The summed E-state index contributed by atoms with van der Waals surface area (Å²) in [5, 5.41) is 4.37. The Balaban J connectivity index is 1.93. The molecule has 0 aliphatic rings. The molecule has 0 amide bonds. The number of fused-ring (bicyclic) bond motifs is 1. The second kappa shape index (κ2) is 4.78. The maximum atomic E-state index is 13.1. The molecule has 0 aliphatic carbocycles. The second-order valence-electron chi connectivity index (χ2n) is 4.38. The van der Waals surface area contributed by atoms with Crippen LogP contribution in [0.2, 0.25) is 0 Å². The lowest BCUT2D eigenvalue weighted by atomic mass is 10.1. The zero-order valence-corrected chi connectivity index (χ0v) is 10.3. The van der Waals surface area contributed by atoms with Crippen molar-refractivity contribution >= 4 is 5.65 Å². The molecule has 2 N–H and O–H groups in total. The van der Waals surface area contributed by atoms with Crippen molar-refractivity contribution in [2.24, 2.45) is 5.73 Å². The van der Waals surface area contributed by atoms with Gasteiger partial charge in [0.05, 0.1) is 0 Å². The first-order chi connectivity index (χ1) is 9.24. The summed E-state index contributed by atoms with van der Waals surface area (Å²) in [4.78, 5) is 4.40. The molecule has 1 aromatic carbocycles. The molecule has 3 rings (SSSR count). The molecule has 5 heteroatoms. The Labute approximate surface area is 109 Å². The fourth-order valence-electron chi connectivity index (χ4n) is 2.00. The van der Waals surface area contributed by atoms with E-state index in [0.29, 0.717) is 18.8 Å². The van der Waals surface area contributed by atoms with Gasteiger partial charge in [-0.2, -0.15) is 5.10 Å². The van der Waals surface area contributed by atoms with E-state index in [0.717, 1.165) is 16.8 Å². The summed E-state index contributed by atoms with van der Waals surface area (Å²) in [5.74, 6) is 0.423. The number of rotatable bonds is 3. The van der Waals surface area contributed by atoms with Gasteiger partial charge in [-0.15, -0.1) is 0 Å². The number of nitrogens with zero attached hydrogens (tertiary/aromatic N) is 3. The molecule has 2 aromatic heterocycles. The molecule has 4 nitrogen and oxygen atoms in total. The Morgan fingerprint density at radius 1 is 1.16 bits per heavy atom. The smallest absolute Gasteiger partial charge is 0.156 e. The molecule has 0 radical (unpaired) electrons. The largest absolute Gasteiger partial charge is 0.326 e. The Morgan fingerprint density at radius 3 is 2.84 bits per heavy atom. The molecule has 3 aromatic rings. The summed E-state index contributed by atoms with van der Waals surface area (Å²) in [6.07, 6.45) is 2.37. The first kappa shape index (κ1) is 11.8. The van der Waals surface area contributed by atoms with Crippen molar-refractivity contribution in [2.75, 3.05) is 0 Å². The normalized spacial score (nSPS) is 11.1. The minimum Gasteiger partial charge on any atom is -0.326 e. The van der Waals surface area contributed by atoms with Crippen molar-refractivity contribution in [3.05, 3.63) is 65.4 Å². The van der Waals surface area contributed by atoms with Crippen LogP contribution in [0.3, 0.4) is 0 Å². The average molecular weight is 256 g/mol. The zero-order chi connectivity index (χ0) is 13.2. The average Bonchev–Trinajstić information content (AvgIpc) is 2.79. The molecule has 0 atom stereocenters. The van der Waals surface area contributed by atoms with Crippen LogP contribution in [0.1, 0.15) is 17.0 Å². The van der Waals surface area contributed by atoms with Gasteiger partial charge in [-0.25, -0.2) is 13.9 Å².